The van der Waals surface area contributed by atoms with E-state index in [1.807, 2.05) is 20.8 Å². The molecule has 1 aliphatic heterocycles. The Bertz CT molecular complexity index is 477. The van der Waals surface area contributed by atoms with Crippen molar-refractivity contribution >= 4 is 5.78 Å². The van der Waals surface area contributed by atoms with E-state index in [1.165, 1.54) is 0 Å². The van der Waals surface area contributed by atoms with Crippen LogP contribution in [0.25, 0.3) is 0 Å². The van der Waals surface area contributed by atoms with E-state index in [4.69, 9.17) is 14.2 Å². The van der Waals surface area contributed by atoms with Crippen LogP contribution in [0.5, 0.6) is 5.75 Å². The first-order chi connectivity index (χ1) is 8.78. The summed E-state index contributed by atoms with van der Waals surface area (Å²) in [5.41, 5.74) is -0.366. The lowest BCUT2D eigenvalue weighted by Gasteiger charge is -2.25. The van der Waals surface area contributed by atoms with Crippen LogP contribution in [0.4, 0.5) is 0 Å². The lowest BCUT2D eigenvalue weighted by atomic mass is 9.90. The monoisotopic (exact) mass is 264 g/mol. The fraction of sp³-hybridized carbons (Fsp3) is 0.533. The average molecular weight is 264 g/mol. The Labute approximate surface area is 113 Å². The summed E-state index contributed by atoms with van der Waals surface area (Å²) in [6.07, 6.45) is -0.294. The summed E-state index contributed by atoms with van der Waals surface area (Å²) in [4.78, 5) is 12.6. The van der Waals surface area contributed by atoms with Crippen molar-refractivity contribution < 1.29 is 19.0 Å². The molecular weight excluding hydrogens is 244 g/mol. The van der Waals surface area contributed by atoms with E-state index in [1.54, 1.807) is 38.3 Å². The van der Waals surface area contributed by atoms with E-state index >= 15 is 0 Å². The van der Waals surface area contributed by atoms with Crippen molar-refractivity contribution in [3.63, 3.8) is 0 Å². The summed E-state index contributed by atoms with van der Waals surface area (Å²) in [6.45, 7) is 7.27. The smallest absolute Gasteiger partial charge is 0.197 e. The number of ether oxygens (including phenoxy) is 3. The van der Waals surface area contributed by atoms with Crippen LogP contribution in [-0.4, -0.2) is 30.4 Å². The second-order valence-electron chi connectivity index (χ2n) is 5.43. The topological polar surface area (TPSA) is 44.8 Å². The van der Waals surface area contributed by atoms with Crippen LogP contribution in [0.2, 0.25) is 0 Å². The predicted octanol–water partition coefficient (Wildman–Crippen LogP) is 2.81. The number of hydrogen-bond donors (Lipinski definition) is 0. The minimum absolute atomic E-state index is 0.0757. The van der Waals surface area contributed by atoms with Gasteiger partial charge in [0, 0.05) is 5.56 Å². The summed E-state index contributed by atoms with van der Waals surface area (Å²) >= 11 is 0. The summed E-state index contributed by atoms with van der Waals surface area (Å²) < 4.78 is 16.6. The number of Topliss-reactive ketones (excluding diaryl/α,β-unsaturated/α-hetero) is 1. The quantitative estimate of drug-likeness (QED) is 0.787. The van der Waals surface area contributed by atoms with Gasteiger partial charge in [0.1, 0.15) is 5.75 Å². The van der Waals surface area contributed by atoms with Gasteiger partial charge in [0.05, 0.1) is 13.2 Å². The molecule has 1 aliphatic rings. The van der Waals surface area contributed by atoms with Crippen molar-refractivity contribution in [1.82, 2.24) is 0 Å². The zero-order valence-corrected chi connectivity index (χ0v) is 12.0. The predicted molar refractivity (Wildman–Crippen MR) is 71.4 cm³/mol. The van der Waals surface area contributed by atoms with Crippen molar-refractivity contribution in [3.05, 3.63) is 29.8 Å². The van der Waals surface area contributed by atoms with E-state index in [9.17, 15) is 4.79 Å². The molecule has 2 atom stereocenters. The SMILES string of the molecule is COc1ccc(C(=O)[C@@]2(C)OC(C)(C)O[C@@H]2C)cc1. The fourth-order valence-electron chi connectivity index (χ4n) is 2.42. The molecule has 1 fully saturated rings. The van der Waals surface area contributed by atoms with E-state index in [0.29, 0.717) is 5.56 Å². The Morgan fingerprint density at radius 2 is 1.79 bits per heavy atom. The van der Waals surface area contributed by atoms with Crippen LogP contribution in [0, 0.1) is 0 Å². The highest BCUT2D eigenvalue weighted by Crippen LogP contribution is 2.38. The Hall–Kier alpha value is -1.39. The maximum Gasteiger partial charge on any atom is 0.197 e. The lowest BCUT2D eigenvalue weighted by Crippen LogP contribution is -2.44. The molecule has 4 heteroatoms. The molecule has 4 nitrogen and oxygen atoms in total. The molecular formula is C15H20O4. The van der Waals surface area contributed by atoms with Crippen molar-refractivity contribution in [3.8, 4) is 5.75 Å². The van der Waals surface area contributed by atoms with Gasteiger partial charge in [0.15, 0.2) is 17.2 Å². The highest BCUT2D eigenvalue weighted by atomic mass is 16.8. The van der Waals surface area contributed by atoms with Crippen LogP contribution in [0.1, 0.15) is 38.1 Å². The van der Waals surface area contributed by atoms with Gasteiger partial charge in [-0.15, -0.1) is 0 Å². The zero-order valence-electron chi connectivity index (χ0n) is 12.0. The van der Waals surface area contributed by atoms with E-state index in [-0.39, 0.29) is 11.9 Å². The van der Waals surface area contributed by atoms with Crippen LogP contribution < -0.4 is 4.74 Å². The Morgan fingerprint density at radius 3 is 2.21 bits per heavy atom. The summed E-state index contributed by atoms with van der Waals surface area (Å²) in [5.74, 6) is -0.0945. The molecule has 0 saturated carbocycles. The van der Waals surface area contributed by atoms with Gasteiger partial charge in [-0.05, 0) is 52.0 Å². The molecule has 0 spiro atoms. The van der Waals surface area contributed by atoms with Gasteiger partial charge >= 0.3 is 0 Å². The summed E-state index contributed by atoms with van der Waals surface area (Å²) in [5, 5.41) is 0. The van der Waals surface area contributed by atoms with Crippen LogP contribution in [0.15, 0.2) is 24.3 Å². The van der Waals surface area contributed by atoms with E-state index < -0.39 is 11.4 Å². The average Bonchev–Trinajstić information content (AvgIpc) is 2.58. The van der Waals surface area contributed by atoms with Crippen LogP contribution >= 0.6 is 0 Å². The van der Waals surface area contributed by atoms with E-state index in [2.05, 4.69) is 0 Å². The van der Waals surface area contributed by atoms with Gasteiger partial charge in [-0.2, -0.15) is 0 Å². The Morgan fingerprint density at radius 1 is 1.21 bits per heavy atom. The van der Waals surface area contributed by atoms with Gasteiger partial charge in [-0.1, -0.05) is 0 Å². The molecule has 1 aromatic rings. The Balaban J connectivity index is 2.28. The standard InChI is InChI=1S/C15H20O4/c1-10-15(4,19-14(2,3)18-10)13(16)11-6-8-12(17-5)9-7-11/h6-10H,1-5H3/t10-,15+/m1/s1. The molecule has 104 valence electrons. The zero-order chi connectivity index (χ0) is 14.3. The Kier molecular flexibility index (Phi) is 3.41. The maximum atomic E-state index is 12.6. The minimum Gasteiger partial charge on any atom is -0.497 e. The molecule has 2 rings (SSSR count). The van der Waals surface area contributed by atoms with Gasteiger partial charge in [-0.3, -0.25) is 4.79 Å². The number of rotatable bonds is 3. The van der Waals surface area contributed by atoms with Gasteiger partial charge in [0.25, 0.3) is 0 Å². The molecule has 0 amide bonds. The third-order valence-electron chi connectivity index (χ3n) is 3.50. The van der Waals surface area contributed by atoms with Crippen molar-refractivity contribution in [2.75, 3.05) is 7.11 Å². The first-order valence-corrected chi connectivity index (χ1v) is 6.35. The third-order valence-corrected chi connectivity index (χ3v) is 3.50. The highest BCUT2D eigenvalue weighted by Gasteiger charge is 2.52. The second kappa shape index (κ2) is 4.62. The second-order valence-corrected chi connectivity index (χ2v) is 5.43. The molecule has 0 aromatic heterocycles. The molecule has 0 unspecified atom stereocenters. The van der Waals surface area contributed by atoms with Crippen molar-refractivity contribution in [2.45, 2.75) is 45.2 Å². The van der Waals surface area contributed by atoms with Crippen LogP contribution in [0.3, 0.4) is 0 Å². The summed E-state index contributed by atoms with van der Waals surface area (Å²) in [7, 11) is 1.59. The molecule has 1 heterocycles. The van der Waals surface area contributed by atoms with Crippen molar-refractivity contribution in [1.29, 1.82) is 0 Å². The molecule has 0 N–H and O–H groups in total. The number of carbonyl (C=O) groups is 1. The summed E-state index contributed by atoms with van der Waals surface area (Å²) in [6, 6.07) is 7.02. The number of carbonyl (C=O) groups excluding carboxylic acids is 1. The third kappa shape index (κ3) is 2.51. The van der Waals surface area contributed by atoms with Crippen molar-refractivity contribution in [2.24, 2.45) is 0 Å². The van der Waals surface area contributed by atoms with Crippen LogP contribution in [-0.2, 0) is 9.47 Å². The van der Waals surface area contributed by atoms with E-state index in [0.717, 1.165) is 5.75 Å². The number of benzene rings is 1. The first kappa shape index (κ1) is 14.0. The molecule has 1 aromatic carbocycles. The van der Waals surface area contributed by atoms with Gasteiger partial charge in [-0.25, -0.2) is 0 Å². The maximum absolute atomic E-state index is 12.6. The lowest BCUT2D eigenvalue weighted by molar-refractivity contribution is -0.152. The largest absolute Gasteiger partial charge is 0.497 e. The number of methoxy groups -OCH3 is 1. The van der Waals surface area contributed by atoms with Gasteiger partial charge < -0.3 is 14.2 Å². The minimum atomic E-state index is -0.960. The molecule has 0 radical (unpaired) electrons. The van der Waals surface area contributed by atoms with Gasteiger partial charge in [0.2, 0.25) is 0 Å². The molecule has 0 aliphatic carbocycles. The molecule has 19 heavy (non-hydrogen) atoms. The molecule has 0 bridgehead atoms. The fourth-order valence-corrected chi connectivity index (χ4v) is 2.42. The number of ketones is 1. The molecule has 1 saturated heterocycles. The highest BCUT2D eigenvalue weighted by molar-refractivity contribution is 6.03. The first-order valence-electron chi connectivity index (χ1n) is 6.35. The normalized spacial score (nSPS) is 29.2. The number of hydrogen-bond acceptors (Lipinski definition) is 4.